The van der Waals surface area contributed by atoms with Crippen molar-refractivity contribution < 1.29 is 9.47 Å². The number of para-hydroxylation sites is 1. The average molecular weight is 375 g/mol. The van der Waals surface area contributed by atoms with E-state index in [2.05, 4.69) is 22.1 Å². The molecule has 0 amide bonds. The van der Waals surface area contributed by atoms with Crippen molar-refractivity contribution >= 4 is 23.1 Å². The highest BCUT2D eigenvalue weighted by atomic mass is 32.2. The predicted octanol–water partition coefficient (Wildman–Crippen LogP) is 3.29. The number of aromatic nitrogens is 5. The van der Waals surface area contributed by atoms with Crippen molar-refractivity contribution in [2.45, 2.75) is 17.5 Å². The van der Waals surface area contributed by atoms with Crippen molar-refractivity contribution in [2.24, 2.45) is 0 Å². The molecule has 130 valence electrons. The molecule has 2 aromatic heterocycles. The third-order valence-corrected chi connectivity index (χ3v) is 5.25. The minimum absolute atomic E-state index is 0.582. The number of allylic oxidation sites excluding steroid dienone is 1. The number of tetrazole rings is 1. The van der Waals surface area contributed by atoms with Crippen molar-refractivity contribution in [3.8, 4) is 22.1 Å². The van der Waals surface area contributed by atoms with Crippen molar-refractivity contribution in [3.63, 3.8) is 0 Å². The van der Waals surface area contributed by atoms with Crippen LogP contribution in [0.1, 0.15) is 5.69 Å². The Morgan fingerprint density at radius 3 is 2.96 bits per heavy atom. The summed E-state index contributed by atoms with van der Waals surface area (Å²) in [6.07, 6.45) is 1.76. The lowest BCUT2D eigenvalue weighted by atomic mass is 10.2. The smallest absolute Gasteiger partial charge is 0.209 e. The Morgan fingerprint density at radius 2 is 2.20 bits per heavy atom. The standard InChI is InChI=1S/C16H17N5O2S2/c1-4-8-21-16(18-19-20-21)25-10-11-9-24-15(17-11)12-6-5-7-13(22-2)14(12)23-3/h4-7,9H,1,8,10H2,2-3H3. The number of hydrogen-bond donors (Lipinski definition) is 0. The maximum atomic E-state index is 5.49. The first-order valence-electron chi connectivity index (χ1n) is 7.42. The topological polar surface area (TPSA) is 75.0 Å². The van der Waals surface area contributed by atoms with E-state index in [0.717, 1.165) is 21.4 Å². The monoisotopic (exact) mass is 375 g/mol. The maximum absolute atomic E-state index is 5.49. The van der Waals surface area contributed by atoms with Crippen LogP contribution in [0.25, 0.3) is 10.6 Å². The Morgan fingerprint density at radius 1 is 1.32 bits per heavy atom. The zero-order valence-corrected chi connectivity index (χ0v) is 15.5. The third-order valence-electron chi connectivity index (χ3n) is 3.34. The number of methoxy groups -OCH3 is 2. The molecule has 0 saturated heterocycles. The van der Waals surface area contributed by atoms with Gasteiger partial charge in [-0.2, -0.15) is 0 Å². The van der Waals surface area contributed by atoms with E-state index in [-0.39, 0.29) is 0 Å². The largest absolute Gasteiger partial charge is 0.493 e. The summed E-state index contributed by atoms with van der Waals surface area (Å²) in [6, 6.07) is 5.77. The Labute approximate surface area is 153 Å². The molecule has 0 bridgehead atoms. The molecule has 0 N–H and O–H groups in total. The molecule has 3 rings (SSSR count). The molecule has 3 aromatic rings. The average Bonchev–Trinajstić information content (AvgIpc) is 3.28. The minimum atomic E-state index is 0.582. The van der Waals surface area contributed by atoms with E-state index in [4.69, 9.17) is 14.5 Å². The minimum Gasteiger partial charge on any atom is -0.493 e. The summed E-state index contributed by atoms with van der Waals surface area (Å²) in [5, 5.41) is 15.3. The van der Waals surface area contributed by atoms with Crippen molar-refractivity contribution in [1.29, 1.82) is 0 Å². The Bertz CT molecular complexity index is 862. The zero-order chi connectivity index (χ0) is 17.6. The van der Waals surface area contributed by atoms with Crippen molar-refractivity contribution in [1.82, 2.24) is 25.2 Å². The van der Waals surface area contributed by atoms with Gasteiger partial charge in [-0.1, -0.05) is 23.9 Å². The molecule has 0 spiro atoms. The molecule has 0 unspecified atom stereocenters. The summed E-state index contributed by atoms with van der Waals surface area (Å²) in [7, 11) is 3.25. The molecule has 7 nitrogen and oxygen atoms in total. The number of benzene rings is 1. The molecule has 0 aliphatic heterocycles. The first-order valence-corrected chi connectivity index (χ1v) is 9.29. The predicted molar refractivity (Wildman–Crippen MR) is 98.2 cm³/mol. The SMILES string of the molecule is C=CCn1nnnc1SCc1csc(-c2cccc(OC)c2OC)n1. The molecule has 0 saturated carbocycles. The zero-order valence-electron chi connectivity index (χ0n) is 13.9. The number of thiazole rings is 1. The fraction of sp³-hybridized carbons (Fsp3) is 0.250. The second-order valence-corrected chi connectivity index (χ2v) is 6.71. The number of nitrogens with zero attached hydrogens (tertiary/aromatic N) is 5. The van der Waals surface area contributed by atoms with Gasteiger partial charge in [-0.15, -0.1) is 23.0 Å². The number of ether oxygens (including phenoxy) is 2. The van der Waals surface area contributed by atoms with E-state index >= 15 is 0 Å². The number of thioether (sulfide) groups is 1. The van der Waals surface area contributed by atoms with Gasteiger partial charge < -0.3 is 9.47 Å². The van der Waals surface area contributed by atoms with E-state index in [1.807, 2.05) is 23.6 Å². The highest BCUT2D eigenvalue weighted by molar-refractivity contribution is 7.98. The van der Waals surface area contributed by atoms with Crippen LogP contribution >= 0.6 is 23.1 Å². The van der Waals surface area contributed by atoms with Gasteiger partial charge in [-0.25, -0.2) is 9.67 Å². The van der Waals surface area contributed by atoms with E-state index in [1.54, 1.807) is 48.1 Å². The second-order valence-electron chi connectivity index (χ2n) is 4.91. The van der Waals surface area contributed by atoms with Crippen LogP contribution in [0.5, 0.6) is 11.5 Å². The normalized spacial score (nSPS) is 10.6. The molecular formula is C16H17N5O2S2. The van der Waals surface area contributed by atoms with Crippen LogP contribution in [0, 0.1) is 0 Å². The van der Waals surface area contributed by atoms with Gasteiger partial charge in [-0.05, 0) is 22.6 Å². The lowest BCUT2D eigenvalue weighted by Crippen LogP contribution is -1.99. The van der Waals surface area contributed by atoms with Crippen LogP contribution in [-0.2, 0) is 12.3 Å². The fourth-order valence-electron chi connectivity index (χ4n) is 2.23. The van der Waals surface area contributed by atoms with Crippen LogP contribution in [-0.4, -0.2) is 39.4 Å². The Balaban J connectivity index is 1.77. The first kappa shape index (κ1) is 17.4. The van der Waals surface area contributed by atoms with Gasteiger partial charge in [0.1, 0.15) is 5.01 Å². The fourth-order valence-corrected chi connectivity index (χ4v) is 3.95. The van der Waals surface area contributed by atoms with E-state index < -0.39 is 0 Å². The van der Waals surface area contributed by atoms with Gasteiger partial charge in [0.25, 0.3) is 0 Å². The lowest BCUT2D eigenvalue weighted by molar-refractivity contribution is 0.356. The molecule has 2 heterocycles. The number of rotatable bonds is 8. The van der Waals surface area contributed by atoms with Crippen LogP contribution in [0.4, 0.5) is 0 Å². The molecule has 9 heteroatoms. The van der Waals surface area contributed by atoms with E-state index in [0.29, 0.717) is 23.8 Å². The van der Waals surface area contributed by atoms with Crippen molar-refractivity contribution in [2.75, 3.05) is 14.2 Å². The quantitative estimate of drug-likeness (QED) is 0.442. The Kier molecular flexibility index (Phi) is 5.67. The molecule has 25 heavy (non-hydrogen) atoms. The summed E-state index contributed by atoms with van der Waals surface area (Å²) >= 11 is 3.11. The van der Waals surface area contributed by atoms with Crippen molar-refractivity contribution in [3.05, 3.63) is 41.9 Å². The molecule has 1 aromatic carbocycles. The van der Waals surface area contributed by atoms with E-state index in [1.165, 1.54) is 0 Å². The van der Waals surface area contributed by atoms with Gasteiger partial charge in [0, 0.05) is 11.1 Å². The molecule has 0 aliphatic rings. The van der Waals surface area contributed by atoms with Crippen LogP contribution in [0.3, 0.4) is 0 Å². The lowest BCUT2D eigenvalue weighted by Gasteiger charge is -2.10. The summed E-state index contributed by atoms with van der Waals surface area (Å²) < 4.78 is 12.5. The van der Waals surface area contributed by atoms with Gasteiger partial charge in [0.05, 0.1) is 32.0 Å². The van der Waals surface area contributed by atoms with Crippen LogP contribution in [0.2, 0.25) is 0 Å². The summed E-state index contributed by atoms with van der Waals surface area (Å²) in [6.45, 7) is 4.29. The molecule has 0 radical (unpaired) electrons. The second kappa shape index (κ2) is 8.13. The van der Waals surface area contributed by atoms with Crippen LogP contribution in [0.15, 0.2) is 41.4 Å². The van der Waals surface area contributed by atoms with Gasteiger partial charge >= 0.3 is 0 Å². The van der Waals surface area contributed by atoms with Gasteiger partial charge in [-0.3, -0.25) is 0 Å². The summed E-state index contributed by atoms with van der Waals surface area (Å²) in [5.74, 6) is 2.06. The van der Waals surface area contributed by atoms with Gasteiger partial charge in [0.15, 0.2) is 11.5 Å². The first-order chi connectivity index (χ1) is 12.3. The third kappa shape index (κ3) is 3.83. The highest BCUT2D eigenvalue weighted by Crippen LogP contribution is 2.39. The molecule has 0 atom stereocenters. The maximum Gasteiger partial charge on any atom is 0.209 e. The molecule has 0 fully saturated rings. The summed E-state index contributed by atoms with van der Waals surface area (Å²) in [4.78, 5) is 4.70. The highest BCUT2D eigenvalue weighted by Gasteiger charge is 2.15. The van der Waals surface area contributed by atoms with Crippen LogP contribution < -0.4 is 9.47 Å². The van der Waals surface area contributed by atoms with E-state index in [9.17, 15) is 0 Å². The molecular weight excluding hydrogens is 358 g/mol. The number of hydrogen-bond acceptors (Lipinski definition) is 8. The summed E-state index contributed by atoms with van der Waals surface area (Å²) in [5.41, 5.74) is 1.88. The molecule has 0 aliphatic carbocycles. The van der Waals surface area contributed by atoms with Gasteiger partial charge in [0.2, 0.25) is 5.16 Å². The Hall–Kier alpha value is -2.39.